The zero-order chi connectivity index (χ0) is 27.2. The lowest BCUT2D eigenvalue weighted by atomic mass is 10.1. The number of ether oxygens (including phenoxy) is 1. The number of nitrogens with zero attached hydrogens (tertiary/aromatic N) is 1. The van der Waals surface area contributed by atoms with Crippen LogP contribution in [0.4, 0.5) is 0 Å². The number of likely N-dealkylation sites (tertiary alicyclic amines) is 1. The van der Waals surface area contributed by atoms with Crippen molar-refractivity contribution in [1.29, 1.82) is 0 Å². The van der Waals surface area contributed by atoms with Gasteiger partial charge in [0.25, 0.3) is 5.91 Å². The van der Waals surface area contributed by atoms with E-state index in [-0.39, 0.29) is 36.0 Å². The van der Waals surface area contributed by atoms with E-state index in [1.807, 2.05) is 48.5 Å². The molecule has 202 valence electrons. The van der Waals surface area contributed by atoms with Crippen LogP contribution in [-0.2, 0) is 22.2 Å². The predicted molar refractivity (Wildman–Crippen MR) is 148 cm³/mol. The highest BCUT2D eigenvalue weighted by atomic mass is 28.4. The molecule has 2 atom stereocenters. The Morgan fingerprint density at radius 1 is 1.03 bits per heavy atom. The van der Waals surface area contributed by atoms with Crippen molar-refractivity contribution in [2.24, 2.45) is 0 Å². The number of benzene rings is 2. The Kier molecular flexibility index (Phi) is 9.55. The van der Waals surface area contributed by atoms with Gasteiger partial charge in [0.15, 0.2) is 8.32 Å². The second-order valence-corrected chi connectivity index (χ2v) is 16.0. The second kappa shape index (κ2) is 12.2. The average Bonchev–Trinajstić information content (AvgIpc) is 3.22. The number of rotatable bonds is 10. The molecule has 1 aliphatic heterocycles. The van der Waals surface area contributed by atoms with E-state index in [4.69, 9.17) is 9.16 Å². The lowest BCUT2D eigenvalue weighted by Crippen LogP contribution is -2.47. The van der Waals surface area contributed by atoms with Gasteiger partial charge in [0.1, 0.15) is 5.75 Å². The van der Waals surface area contributed by atoms with Crippen LogP contribution in [-0.4, -0.2) is 62.0 Å². The van der Waals surface area contributed by atoms with Crippen LogP contribution >= 0.6 is 0 Å². The third kappa shape index (κ3) is 7.90. The minimum Gasteiger partial charge on any atom is -0.493 e. The molecule has 1 saturated heterocycles. The van der Waals surface area contributed by atoms with E-state index in [1.54, 1.807) is 4.90 Å². The van der Waals surface area contributed by atoms with Gasteiger partial charge < -0.3 is 24.5 Å². The van der Waals surface area contributed by atoms with Crippen molar-refractivity contribution >= 4 is 20.1 Å². The molecule has 2 amide bonds. The molecule has 0 unspecified atom stereocenters. The largest absolute Gasteiger partial charge is 0.493 e. The monoisotopic (exact) mass is 526 g/mol. The molecule has 37 heavy (non-hydrogen) atoms. The highest BCUT2D eigenvalue weighted by molar-refractivity contribution is 6.74. The van der Waals surface area contributed by atoms with Gasteiger partial charge in [0.05, 0.1) is 25.2 Å². The highest BCUT2D eigenvalue weighted by Gasteiger charge is 2.43. The van der Waals surface area contributed by atoms with Crippen molar-refractivity contribution in [3.05, 3.63) is 65.2 Å². The van der Waals surface area contributed by atoms with E-state index in [0.29, 0.717) is 30.9 Å². The Balaban J connectivity index is 1.40. The Labute approximate surface area is 222 Å². The van der Waals surface area contributed by atoms with E-state index in [0.717, 1.165) is 12.0 Å². The lowest BCUT2D eigenvalue weighted by Gasteiger charge is -2.38. The molecule has 2 N–H and O–H groups in total. The second-order valence-electron chi connectivity index (χ2n) is 11.3. The van der Waals surface area contributed by atoms with Crippen LogP contribution in [0.2, 0.25) is 18.1 Å². The first-order valence-corrected chi connectivity index (χ1v) is 16.0. The summed E-state index contributed by atoms with van der Waals surface area (Å²) in [6.45, 7) is 14.3. The van der Waals surface area contributed by atoms with Crippen LogP contribution in [0.25, 0.3) is 0 Å². The summed E-state index contributed by atoms with van der Waals surface area (Å²) in [6.07, 6.45) is 0.171. The molecule has 0 aliphatic carbocycles. The number of carbonyl (C=O) groups is 2. The van der Waals surface area contributed by atoms with Crippen molar-refractivity contribution in [2.45, 2.75) is 77.4 Å². The fourth-order valence-corrected chi connectivity index (χ4v) is 5.27. The summed E-state index contributed by atoms with van der Waals surface area (Å²) in [4.78, 5) is 26.7. The Hall–Kier alpha value is -2.68. The molecule has 3 rings (SSSR count). The molecule has 1 fully saturated rings. The minimum atomic E-state index is -2.03. The van der Waals surface area contributed by atoms with E-state index in [1.165, 1.54) is 5.56 Å². The van der Waals surface area contributed by atoms with Gasteiger partial charge in [0, 0.05) is 25.2 Å². The van der Waals surface area contributed by atoms with Crippen LogP contribution in [0.3, 0.4) is 0 Å². The maximum atomic E-state index is 12.7. The molecule has 0 saturated carbocycles. The normalized spacial score (nSPS) is 18.1. The van der Waals surface area contributed by atoms with Gasteiger partial charge in [-0.1, -0.05) is 52.0 Å². The minimum absolute atomic E-state index is 0.0415. The number of aliphatic hydroxyl groups excluding tert-OH is 1. The SMILES string of the molecule is CCc1ccc(C(=O)NCc2ccc(OCCC(=O)N3C[C@H](O[Si](C)(C)C(C)(C)C)[C@@H](O)C3)cc2)cc1. The third-order valence-electron chi connectivity index (χ3n) is 7.43. The van der Waals surface area contributed by atoms with Gasteiger partial charge >= 0.3 is 0 Å². The molecule has 0 bridgehead atoms. The zero-order valence-electron chi connectivity index (χ0n) is 23.0. The number of hydrogen-bond donors (Lipinski definition) is 2. The van der Waals surface area contributed by atoms with E-state index >= 15 is 0 Å². The molecule has 0 radical (unpaired) electrons. The van der Waals surface area contributed by atoms with Crippen molar-refractivity contribution in [3.8, 4) is 5.75 Å². The first-order valence-electron chi connectivity index (χ1n) is 13.1. The van der Waals surface area contributed by atoms with Crippen LogP contribution in [0.5, 0.6) is 5.75 Å². The zero-order valence-corrected chi connectivity index (χ0v) is 24.0. The van der Waals surface area contributed by atoms with Gasteiger partial charge in [-0.25, -0.2) is 0 Å². The fraction of sp³-hybridized carbons (Fsp3) is 0.517. The molecular formula is C29H42N2O5Si. The smallest absolute Gasteiger partial charge is 0.251 e. The summed E-state index contributed by atoms with van der Waals surface area (Å²) in [5.41, 5.74) is 2.80. The molecular weight excluding hydrogens is 484 g/mol. The predicted octanol–water partition coefficient (Wildman–Crippen LogP) is 4.54. The summed E-state index contributed by atoms with van der Waals surface area (Å²) in [5.74, 6) is 0.510. The Bertz CT molecular complexity index is 1050. The average molecular weight is 527 g/mol. The van der Waals surface area contributed by atoms with Gasteiger partial charge in [-0.05, 0) is 59.9 Å². The number of nitrogens with one attached hydrogen (secondary N) is 1. The summed E-state index contributed by atoms with van der Waals surface area (Å²) in [7, 11) is -2.03. The number of β-amino-alcohol motifs (C(OH)–C–C–N with tert-alkyl or cyclic N) is 1. The van der Waals surface area contributed by atoms with Gasteiger partial charge in [0.2, 0.25) is 5.91 Å². The first-order chi connectivity index (χ1) is 17.4. The molecule has 1 heterocycles. The number of hydrogen-bond acceptors (Lipinski definition) is 5. The van der Waals surface area contributed by atoms with Crippen LogP contribution < -0.4 is 10.1 Å². The van der Waals surface area contributed by atoms with E-state index in [2.05, 4.69) is 46.1 Å². The molecule has 2 aromatic rings. The lowest BCUT2D eigenvalue weighted by molar-refractivity contribution is -0.131. The molecule has 1 aliphatic rings. The molecule has 2 aromatic carbocycles. The van der Waals surface area contributed by atoms with Crippen molar-refractivity contribution in [1.82, 2.24) is 10.2 Å². The van der Waals surface area contributed by atoms with Gasteiger partial charge in [-0.2, -0.15) is 0 Å². The van der Waals surface area contributed by atoms with Crippen LogP contribution in [0, 0.1) is 0 Å². The van der Waals surface area contributed by atoms with Crippen molar-refractivity contribution in [2.75, 3.05) is 19.7 Å². The number of carbonyl (C=O) groups excluding carboxylic acids is 2. The van der Waals surface area contributed by atoms with Crippen LogP contribution in [0.15, 0.2) is 48.5 Å². The van der Waals surface area contributed by atoms with Crippen molar-refractivity contribution in [3.63, 3.8) is 0 Å². The third-order valence-corrected chi connectivity index (χ3v) is 11.9. The highest BCUT2D eigenvalue weighted by Crippen LogP contribution is 2.38. The molecule has 7 nitrogen and oxygen atoms in total. The quantitative estimate of drug-likeness (QED) is 0.444. The van der Waals surface area contributed by atoms with E-state index in [9.17, 15) is 14.7 Å². The number of aryl methyl sites for hydroxylation is 1. The molecule has 8 heteroatoms. The van der Waals surface area contributed by atoms with E-state index < -0.39 is 14.4 Å². The Morgan fingerprint density at radius 2 is 1.65 bits per heavy atom. The van der Waals surface area contributed by atoms with Crippen molar-refractivity contribution < 1.29 is 23.9 Å². The summed E-state index contributed by atoms with van der Waals surface area (Å²) in [6, 6.07) is 15.1. The first kappa shape index (κ1) is 28.9. The van der Waals surface area contributed by atoms with Crippen LogP contribution in [0.1, 0.15) is 55.6 Å². The maximum absolute atomic E-state index is 12.7. The maximum Gasteiger partial charge on any atom is 0.251 e. The standard InChI is InChI=1S/C29H42N2O5Si/c1-7-21-8-12-23(13-9-21)28(34)30-18-22-10-14-24(15-11-22)35-17-16-27(33)31-19-25(32)26(20-31)36-37(5,6)29(2,3)4/h8-15,25-26,32H,7,16-20H2,1-6H3,(H,30,34)/t25-,26-/m0/s1. The summed E-state index contributed by atoms with van der Waals surface area (Å²) in [5, 5.41) is 13.5. The summed E-state index contributed by atoms with van der Waals surface area (Å²) < 4.78 is 12.1. The molecule has 0 aromatic heterocycles. The topological polar surface area (TPSA) is 88.1 Å². The number of amides is 2. The number of aliphatic hydroxyl groups is 1. The van der Waals surface area contributed by atoms with Gasteiger partial charge in [-0.3, -0.25) is 9.59 Å². The fourth-order valence-electron chi connectivity index (χ4n) is 3.93. The Morgan fingerprint density at radius 3 is 2.24 bits per heavy atom. The van der Waals surface area contributed by atoms with Gasteiger partial charge in [-0.15, -0.1) is 0 Å². The molecule has 0 spiro atoms. The summed E-state index contributed by atoms with van der Waals surface area (Å²) >= 11 is 0.